The molecule has 3 aromatic rings. The first-order valence-electron chi connectivity index (χ1n) is 9.09. The Labute approximate surface area is 160 Å². The van der Waals surface area contributed by atoms with Crippen LogP contribution in [0, 0.1) is 0 Å². The molecule has 0 fully saturated rings. The molecule has 0 spiro atoms. The van der Waals surface area contributed by atoms with Crippen molar-refractivity contribution in [2.45, 2.75) is 25.4 Å². The fraction of sp³-hybridized carbons (Fsp3) is 0.368. The number of hydrogen-bond donors (Lipinski definition) is 1. The first-order chi connectivity index (χ1) is 13.5. The molecule has 0 saturated heterocycles. The van der Waals surface area contributed by atoms with Crippen molar-refractivity contribution in [3.05, 3.63) is 57.0 Å². The lowest BCUT2D eigenvalue weighted by atomic mass is 10.0. The number of fused-ring (bicyclic) bond motifs is 2. The fourth-order valence-corrected chi connectivity index (χ4v) is 3.55. The van der Waals surface area contributed by atoms with Gasteiger partial charge in [-0.2, -0.15) is 0 Å². The van der Waals surface area contributed by atoms with Crippen molar-refractivity contribution in [3.63, 3.8) is 0 Å². The van der Waals surface area contributed by atoms with Gasteiger partial charge in [-0.1, -0.05) is 18.2 Å². The normalized spacial score (nSPS) is 15.9. The van der Waals surface area contributed by atoms with Crippen LogP contribution in [-0.2, 0) is 25.4 Å². The van der Waals surface area contributed by atoms with Gasteiger partial charge in [0.25, 0.3) is 5.56 Å². The number of rotatable bonds is 4. The van der Waals surface area contributed by atoms with Crippen molar-refractivity contribution < 1.29 is 9.53 Å². The number of imidazole rings is 1. The molecule has 0 saturated carbocycles. The van der Waals surface area contributed by atoms with Gasteiger partial charge >= 0.3 is 5.69 Å². The minimum absolute atomic E-state index is 0.0920. The van der Waals surface area contributed by atoms with E-state index in [2.05, 4.69) is 10.3 Å². The standard InChI is InChI=1S/C19H21N5O4/c1-22-17-16(18(26)23(2)19(22)27)24(11-20-17)9-7-15(25)21-13-8-10-28-14-6-4-3-5-12(13)14/h3-6,11,13H,7-10H2,1-2H3,(H,21,25)/t13-/m0/s1. The van der Waals surface area contributed by atoms with E-state index < -0.39 is 11.2 Å². The highest BCUT2D eigenvalue weighted by Crippen LogP contribution is 2.31. The minimum Gasteiger partial charge on any atom is -0.493 e. The minimum atomic E-state index is -0.432. The lowest BCUT2D eigenvalue weighted by Gasteiger charge is -2.26. The van der Waals surface area contributed by atoms with Crippen LogP contribution in [0.15, 0.2) is 40.2 Å². The van der Waals surface area contributed by atoms with Crippen molar-refractivity contribution >= 4 is 17.1 Å². The Hall–Kier alpha value is -3.36. The van der Waals surface area contributed by atoms with Gasteiger partial charge in [0.15, 0.2) is 11.2 Å². The Morgan fingerprint density at radius 2 is 2.04 bits per heavy atom. The van der Waals surface area contributed by atoms with E-state index in [4.69, 9.17) is 4.74 Å². The lowest BCUT2D eigenvalue weighted by molar-refractivity contribution is -0.122. The fourth-order valence-electron chi connectivity index (χ4n) is 3.55. The van der Waals surface area contributed by atoms with Gasteiger partial charge in [-0.15, -0.1) is 0 Å². The SMILES string of the molecule is Cn1c(=O)c2c(ncn2CCC(=O)N[C@H]2CCOc3ccccc32)n(C)c1=O. The number of aryl methyl sites for hydroxylation is 2. The van der Waals surface area contributed by atoms with E-state index in [-0.39, 0.29) is 18.4 Å². The van der Waals surface area contributed by atoms with Crippen molar-refractivity contribution in [2.24, 2.45) is 14.1 Å². The van der Waals surface area contributed by atoms with Gasteiger partial charge < -0.3 is 14.6 Å². The Balaban J connectivity index is 1.51. The molecule has 1 aromatic carbocycles. The van der Waals surface area contributed by atoms with Gasteiger partial charge in [0.2, 0.25) is 5.91 Å². The zero-order chi connectivity index (χ0) is 19.8. The smallest absolute Gasteiger partial charge is 0.332 e. The van der Waals surface area contributed by atoms with Crippen molar-refractivity contribution in [2.75, 3.05) is 6.61 Å². The van der Waals surface area contributed by atoms with Gasteiger partial charge in [0, 0.05) is 39.0 Å². The van der Waals surface area contributed by atoms with Crippen LogP contribution >= 0.6 is 0 Å². The second-order valence-electron chi connectivity index (χ2n) is 6.86. The first kappa shape index (κ1) is 18.0. The highest BCUT2D eigenvalue weighted by Gasteiger charge is 2.22. The van der Waals surface area contributed by atoms with Gasteiger partial charge in [0.05, 0.1) is 19.0 Å². The molecule has 28 heavy (non-hydrogen) atoms. The van der Waals surface area contributed by atoms with Crippen LogP contribution < -0.4 is 21.3 Å². The molecule has 0 radical (unpaired) electrons. The summed E-state index contributed by atoms with van der Waals surface area (Å²) in [5, 5.41) is 3.04. The summed E-state index contributed by atoms with van der Waals surface area (Å²) >= 11 is 0. The number of amides is 1. The average molecular weight is 383 g/mol. The van der Waals surface area contributed by atoms with Crippen molar-refractivity contribution in [1.29, 1.82) is 0 Å². The summed E-state index contributed by atoms with van der Waals surface area (Å²) in [6.45, 7) is 0.846. The van der Waals surface area contributed by atoms with E-state index >= 15 is 0 Å². The van der Waals surface area contributed by atoms with Gasteiger partial charge in [-0.25, -0.2) is 9.78 Å². The molecule has 1 aliphatic heterocycles. The number of ether oxygens (including phenoxy) is 1. The van der Waals surface area contributed by atoms with Gasteiger partial charge in [-0.05, 0) is 6.07 Å². The van der Waals surface area contributed by atoms with E-state index in [1.165, 1.54) is 17.9 Å². The zero-order valence-corrected chi connectivity index (χ0v) is 15.7. The highest BCUT2D eigenvalue weighted by molar-refractivity contribution is 5.77. The molecule has 9 heteroatoms. The number of nitrogens with zero attached hydrogens (tertiary/aromatic N) is 4. The molecule has 146 valence electrons. The Morgan fingerprint density at radius 3 is 2.86 bits per heavy atom. The Morgan fingerprint density at radius 1 is 1.25 bits per heavy atom. The highest BCUT2D eigenvalue weighted by atomic mass is 16.5. The van der Waals surface area contributed by atoms with E-state index in [0.717, 1.165) is 15.9 Å². The van der Waals surface area contributed by atoms with Crippen molar-refractivity contribution in [3.8, 4) is 5.75 Å². The second-order valence-corrected chi connectivity index (χ2v) is 6.86. The number of hydrogen-bond acceptors (Lipinski definition) is 5. The molecular formula is C19H21N5O4. The van der Waals surface area contributed by atoms with E-state index in [9.17, 15) is 14.4 Å². The third-order valence-corrected chi connectivity index (χ3v) is 5.09. The monoisotopic (exact) mass is 383 g/mol. The summed E-state index contributed by atoms with van der Waals surface area (Å²) in [6.07, 6.45) is 2.39. The summed E-state index contributed by atoms with van der Waals surface area (Å²) in [5.74, 6) is 0.675. The number of aromatic nitrogens is 4. The summed E-state index contributed by atoms with van der Waals surface area (Å²) < 4.78 is 9.61. The molecule has 1 atom stereocenters. The molecule has 2 aromatic heterocycles. The van der Waals surface area contributed by atoms with Crippen LogP contribution in [0.25, 0.3) is 11.2 Å². The summed E-state index contributed by atoms with van der Waals surface area (Å²) in [5.41, 5.74) is 0.743. The van der Waals surface area contributed by atoms with Crippen LogP contribution in [0.4, 0.5) is 0 Å². The van der Waals surface area contributed by atoms with Gasteiger partial charge in [-0.3, -0.25) is 18.7 Å². The predicted octanol–water partition coefficient (Wildman–Crippen LogP) is 0.464. The van der Waals surface area contributed by atoms with E-state index in [1.807, 2.05) is 24.3 Å². The first-order valence-corrected chi connectivity index (χ1v) is 9.09. The summed E-state index contributed by atoms with van der Waals surface area (Å²) in [7, 11) is 2.99. The molecule has 1 amide bonds. The number of nitrogens with one attached hydrogen (secondary N) is 1. The number of para-hydroxylation sites is 1. The topological polar surface area (TPSA) is 100 Å². The summed E-state index contributed by atoms with van der Waals surface area (Å²) in [6, 6.07) is 7.58. The quantitative estimate of drug-likeness (QED) is 0.706. The molecule has 1 N–H and O–H groups in total. The Bertz CT molecular complexity index is 1170. The maximum absolute atomic E-state index is 12.5. The second kappa shape index (κ2) is 6.99. The number of carbonyl (C=O) groups is 1. The Kier molecular flexibility index (Phi) is 4.50. The maximum Gasteiger partial charge on any atom is 0.332 e. The summed E-state index contributed by atoms with van der Waals surface area (Å²) in [4.78, 5) is 41.1. The maximum atomic E-state index is 12.5. The molecule has 0 unspecified atom stereocenters. The molecule has 3 heterocycles. The molecule has 9 nitrogen and oxygen atoms in total. The van der Waals surface area contributed by atoms with E-state index in [1.54, 1.807) is 11.6 Å². The van der Waals surface area contributed by atoms with Crippen molar-refractivity contribution in [1.82, 2.24) is 24.0 Å². The van der Waals surface area contributed by atoms with Crippen LogP contribution in [0.5, 0.6) is 5.75 Å². The number of benzene rings is 1. The predicted molar refractivity (Wildman–Crippen MR) is 102 cm³/mol. The molecule has 0 aliphatic carbocycles. The zero-order valence-electron chi connectivity index (χ0n) is 15.7. The lowest BCUT2D eigenvalue weighted by Crippen LogP contribution is -2.37. The molecule has 0 bridgehead atoms. The molecule has 1 aliphatic rings. The molecular weight excluding hydrogens is 362 g/mol. The van der Waals surface area contributed by atoms with Crippen LogP contribution in [-0.4, -0.2) is 31.2 Å². The molecule has 4 rings (SSSR count). The van der Waals surface area contributed by atoms with Crippen LogP contribution in [0.2, 0.25) is 0 Å². The van der Waals surface area contributed by atoms with Crippen LogP contribution in [0.1, 0.15) is 24.4 Å². The third kappa shape index (κ3) is 2.98. The largest absolute Gasteiger partial charge is 0.493 e. The average Bonchev–Trinajstić information content (AvgIpc) is 3.13. The third-order valence-electron chi connectivity index (χ3n) is 5.09. The van der Waals surface area contributed by atoms with Crippen LogP contribution in [0.3, 0.4) is 0 Å². The van der Waals surface area contributed by atoms with E-state index in [0.29, 0.717) is 30.7 Å². The van der Waals surface area contributed by atoms with Gasteiger partial charge in [0.1, 0.15) is 5.75 Å². The number of carbonyl (C=O) groups excluding carboxylic acids is 1.